The quantitative estimate of drug-likeness (QED) is 0.324. The second-order valence-electron chi connectivity index (χ2n) is 1.22. The zero-order valence-corrected chi connectivity index (χ0v) is 4.59. The summed E-state index contributed by atoms with van der Waals surface area (Å²) < 4.78 is 22.4. The van der Waals surface area contributed by atoms with Crippen LogP contribution in [0.3, 0.4) is 0 Å². The van der Waals surface area contributed by atoms with E-state index in [-0.39, 0.29) is 5.47 Å². The molecular weight excluding hydrogens is 125 g/mol. The number of aliphatic imine (C=N–C) groups is 1. The highest BCUT2D eigenvalue weighted by atomic mass is 19.3. The van der Waals surface area contributed by atoms with Crippen LogP contribution in [0.25, 0.3) is 0 Å². The summed E-state index contributed by atoms with van der Waals surface area (Å²) in [6, 6.07) is 0. The third kappa shape index (κ3) is 5.00. The fourth-order valence-electron chi connectivity index (χ4n) is 0.185. The van der Waals surface area contributed by atoms with Crippen LogP contribution in [0.15, 0.2) is 16.7 Å². The molecule has 2 radical (unpaired) electrons. The van der Waals surface area contributed by atoms with Gasteiger partial charge in [0.1, 0.15) is 7.85 Å². The minimum Gasteiger partial charge on any atom is -0.405 e. The van der Waals surface area contributed by atoms with Crippen molar-refractivity contribution in [2.45, 2.75) is 6.55 Å². The molecule has 0 heterocycles. The predicted molar refractivity (Wildman–Crippen MR) is 32.5 cm³/mol. The molecule has 0 fully saturated rings. The maximum atomic E-state index is 11.2. The van der Waals surface area contributed by atoms with E-state index in [1.54, 1.807) is 0 Å². The van der Waals surface area contributed by atoms with Crippen molar-refractivity contribution in [2.24, 2.45) is 10.7 Å². The van der Waals surface area contributed by atoms with Gasteiger partial charge in [0.15, 0.2) is 0 Å². The number of nitrogens with two attached hydrogens (primary N) is 1. The molecule has 0 unspecified atom stereocenters. The zero-order chi connectivity index (χ0) is 7.28. The van der Waals surface area contributed by atoms with Crippen molar-refractivity contribution in [3.63, 3.8) is 0 Å². The molecule has 0 amide bonds. The molecule has 2 N–H and O–H groups in total. The average Bonchev–Trinajstić information content (AvgIpc) is 1.83. The monoisotopic (exact) mass is 130 g/mol. The highest BCUT2D eigenvalue weighted by Crippen LogP contribution is 1.91. The largest absolute Gasteiger partial charge is 0.405 e. The van der Waals surface area contributed by atoms with E-state index in [9.17, 15) is 8.78 Å². The molecule has 0 bridgehead atoms. The van der Waals surface area contributed by atoms with Gasteiger partial charge in [-0.05, 0) is 6.20 Å². The summed E-state index contributed by atoms with van der Waals surface area (Å²) in [5.41, 5.74) is 4.86. The van der Waals surface area contributed by atoms with Gasteiger partial charge in [-0.2, -0.15) is 8.78 Å². The normalized spacial score (nSPS) is 13.4. The molecule has 0 spiro atoms. The third-order valence-electron chi connectivity index (χ3n) is 0.529. The lowest BCUT2D eigenvalue weighted by Gasteiger charge is -1.87. The second kappa shape index (κ2) is 4.06. The van der Waals surface area contributed by atoms with Crippen LogP contribution in [0.2, 0.25) is 0 Å². The molecule has 9 heavy (non-hydrogen) atoms. The van der Waals surface area contributed by atoms with Gasteiger partial charge in [0.2, 0.25) is 0 Å². The molecule has 0 aromatic rings. The van der Waals surface area contributed by atoms with Crippen molar-refractivity contribution in [2.75, 3.05) is 0 Å². The molecule has 0 saturated carbocycles. The van der Waals surface area contributed by atoms with E-state index in [0.717, 1.165) is 12.4 Å². The first-order valence-corrected chi connectivity index (χ1v) is 2.15. The van der Waals surface area contributed by atoms with Crippen LogP contribution in [-0.2, 0) is 0 Å². The van der Waals surface area contributed by atoms with Crippen molar-refractivity contribution in [1.29, 1.82) is 0 Å². The minimum absolute atomic E-state index is 0.0234. The number of allylic oxidation sites excluding steroid dienone is 1. The molecular formula is C4H5BF2N2. The topological polar surface area (TPSA) is 38.4 Å². The molecule has 0 rings (SSSR count). The fourth-order valence-corrected chi connectivity index (χ4v) is 0.185. The smallest absolute Gasteiger partial charge is 0.331 e. The van der Waals surface area contributed by atoms with E-state index < -0.39 is 6.55 Å². The van der Waals surface area contributed by atoms with Crippen molar-refractivity contribution in [3.8, 4) is 0 Å². The SMILES string of the molecule is [B]C(C=NC(F)F)=CN. The predicted octanol–water partition coefficient (Wildman–Crippen LogP) is 0.248. The summed E-state index contributed by atoms with van der Waals surface area (Å²) in [7, 11) is 4.97. The Kier molecular flexibility index (Phi) is 3.67. The van der Waals surface area contributed by atoms with Gasteiger partial charge in [-0.3, -0.25) is 0 Å². The van der Waals surface area contributed by atoms with Crippen LogP contribution in [0.4, 0.5) is 8.78 Å². The molecule has 0 atom stereocenters. The Morgan fingerprint density at radius 3 is 2.56 bits per heavy atom. The number of halogens is 2. The number of rotatable bonds is 2. The summed E-state index contributed by atoms with van der Waals surface area (Å²) >= 11 is 0. The van der Waals surface area contributed by atoms with Crippen LogP contribution in [0.1, 0.15) is 0 Å². The molecule has 0 aliphatic heterocycles. The van der Waals surface area contributed by atoms with Gasteiger partial charge < -0.3 is 5.73 Å². The standard InChI is InChI=1S/C4H5BF2N2/c5-3(1-8)2-9-4(6)7/h1-2,4H,8H2. The number of nitrogens with zero attached hydrogens (tertiary/aromatic N) is 1. The van der Waals surface area contributed by atoms with Gasteiger partial charge in [0.25, 0.3) is 0 Å². The molecule has 0 saturated heterocycles. The third-order valence-corrected chi connectivity index (χ3v) is 0.529. The van der Waals surface area contributed by atoms with E-state index in [0.29, 0.717) is 0 Å². The van der Waals surface area contributed by atoms with E-state index in [1.807, 2.05) is 0 Å². The van der Waals surface area contributed by atoms with Crippen molar-refractivity contribution in [1.82, 2.24) is 0 Å². The van der Waals surface area contributed by atoms with E-state index >= 15 is 0 Å². The molecule has 0 aromatic carbocycles. The van der Waals surface area contributed by atoms with Crippen LogP contribution >= 0.6 is 0 Å². The van der Waals surface area contributed by atoms with E-state index in [2.05, 4.69) is 4.99 Å². The summed E-state index contributed by atoms with van der Waals surface area (Å²) in [5, 5.41) is 0. The van der Waals surface area contributed by atoms with E-state index in [1.165, 1.54) is 0 Å². The molecule has 0 aromatic heterocycles. The Bertz CT molecular complexity index is 133. The van der Waals surface area contributed by atoms with Crippen LogP contribution in [0, 0.1) is 0 Å². The first-order valence-electron chi connectivity index (χ1n) is 2.15. The molecule has 2 nitrogen and oxygen atoms in total. The van der Waals surface area contributed by atoms with Gasteiger partial charge in [-0.1, -0.05) is 5.47 Å². The molecule has 5 heteroatoms. The van der Waals surface area contributed by atoms with Crippen LogP contribution < -0.4 is 5.73 Å². The average molecular weight is 130 g/mol. The van der Waals surface area contributed by atoms with Crippen LogP contribution in [0.5, 0.6) is 0 Å². The summed E-state index contributed by atoms with van der Waals surface area (Å²) in [6.07, 6.45) is 1.80. The summed E-state index contributed by atoms with van der Waals surface area (Å²) in [4.78, 5) is 2.66. The molecule has 0 aliphatic carbocycles. The van der Waals surface area contributed by atoms with Crippen LogP contribution in [-0.4, -0.2) is 20.6 Å². The Labute approximate surface area is 52.9 Å². The first-order chi connectivity index (χ1) is 4.16. The number of hydrogen-bond donors (Lipinski definition) is 1. The van der Waals surface area contributed by atoms with Crippen molar-refractivity contribution < 1.29 is 8.78 Å². The Hall–Kier alpha value is -0.865. The van der Waals surface area contributed by atoms with Gasteiger partial charge in [-0.25, -0.2) is 4.99 Å². The van der Waals surface area contributed by atoms with Gasteiger partial charge >= 0.3 is 6.55 Å². The van der Waals surface area contributed by atoms with Gasteiger partial charge in [0.05, 0.1) is 0 Å². The second-order valence-corrected chi connectivity index (χ2v) is 1.22. The molecule has 48 valence electrons. The Balaban J connectivity index is 3.71. The Morgan fingerprint density at radius 1 is 1.67 bits per heavy atom. The highest BCUT2D eigenvalue weighted by Gasteiger charge is 1.91. The number of alkyl halides is 2. The van der Waals surface area contributed by atoms with Crippen molar-refractivity contribution in [3.05, 3.63) is 11.7 Å². The lowest BCUT2D eigenvalue weighted by Crippen LogP contribution is -1.92. The lowest BCUT2D eigenvalue weighted by atomic mass is 9.99. The summed E-state index contributed by atoms with van der Waals surface area (Å²) in [6.45, 7) is -2.72. The minimum atomic E-state index is -2.72. The maximum Gasteiger partial charge on any atom is 0.331 e. The van der Waals surface area contributed by atoms with E-state index in [4.69, 9.17) is 13.6 Å². The summed E-state index contributed by atoms with van der Waals surface area (Å²) in [5.74, 6) is 0. The van der Waals surface area contributed by atoms with Gasteiger partial charge in [-0.15, -0.1) is 0 Å². The maximum absolute atomic E-state index is 11.2. The first kappa shape index (κ1) is 8.13. The fraction of sp³-hybridized carbons (Fsp3) is 0.250. The highest BCUT2D eigenvalue weighted by molar-refractivity contribution is 6.32. The number of hydrogen-bond acceptors (Lipinski definition) is 2. The molecule has 0 aliphatic rings. The Morgan fingerprint density at radius 2 is 2.22 bits per heavy atom. The van der Waals surface area contributed by atoms with Crippen molar-refractivity contribution >= 4 is 14.1 Å². The zero-order valence-electron chi connectivity index (χ0n) is 4.59. The van der Waals surface area contributed by atoms with Gasteiger partial charge in [0, 0.05) is 6.21 Å². The lowest BCUT2D eigenvalue weighted by molar-refractivity contribution is 0.161.